The van der Waals surface area contributed by atoms with Crippen LogP contribution in [0.25, 0.3) is 16.3 Å². The molecule has 0 spiro atoms. The first-order chi connectivity index (χ1) is 23.7. The number of amides is 2. The number of hydrogen-bond acceptors (Lipinski definition) is 6. The van der Waals surface area contributed by atoms with Gasteiger partial charge in [0.15, 0.2) is 11.6 Å². The van der Waals surface area contributed by atoms with Crippen molar-refractivity contribution < 1.29 is 34.2 Å². The summed E-state index contributed by atoms with van der Waals surface area (Å²) in [5.41, 5.74) is 1.30. The van der Waals surface area contributed by atoms with Crippen LogP contribution in [-0.4, -0.2) is 51.0 Å². The van der Waals surface area contributed by atoms with Crippen LogP contribution in [0.4, 0.5) is 0 Å². The van der Waals surface area contributed by atoms with E-state index in [1.165, 1.54) is 6.08 Å². The molecule has 3 aliphatic carbocycles. The molecule has 2 amide bonds. The lowest BCUT2D eigenvalue weighted by Gasteiger charge is -2.55. The third kappa shape index (κ3) is 4.46. The zero-order chi connectivity index (χ0) is 34.0. The Morgan fingerprint density at radius 2 is 1.51 bits per heavy atom. The van der Waals surface area contributed by atoms with Crippen LogP contribution in [0.3, 0.4) is 0 Å². The lowest BCUT2D eigenvalue weighted by Crippen LogP contribution is -2.58. The quantitative estimate of drug-likeness (QED) is 0.198. The Labute approximate surface area is 282 Å². The molecule has 8 rings (SSSR count). The summed E-state index contributed by atoms with van der Waals surface area (Å²) in [5, 5.41) is 22.8. The van der Waals surface area contributed by atoms with Gasteiger partial charge in [0.25, 0.3) is 0 Å². The van der Waals surface area contributed by atoms with E-state index in [2.05, 4.69) is 0 Å². The number of nitrogens with zero attached hydrogens (tertiary/aromatic N) is 1. The zero-order valence-corrected chi connectivity index (χ0v) is 26.5. The van der Waals surface area contributed by atoms with Gasteiger partial charge in [-0.3, -0.25) is 28.9 Å². The molecular weight excluding hydrogens is 618 g/mol. The fraction of sp³-hybridized carbons (Fsp3) is 0.244. The van der Waals surface area contributed by atoms with E-state index in [4.69, 9.17) is 0 Å². The molecule has 1 saturated carbocycles. The summed E-state index contributed by atoms with van der Waals surface area (Å²) in [7, 11) is 0. The van der Waals surface area contributed by atoms with Gasteiger partial charge in [-0.15, -0.1) is 0 Å². The van der Waals surface area contributed by atoms with Crippen LogP contribution < -0.4 is 0 Å². The van der Waals surface area contributed by atoms with Gasteiger partial charge in [0.2, 0.25) is 11.8 Å². The van der Waals surface area contributed by atoms with Gasteiger partial charge in [-0.2, -0.15) is 0 Å². The molecule has 0 radical (unpaired) electrons. The van der Waals surface area contributed by atoms with Gasteiger partial charge in [-0.1, -0.05) is 109 Å². The van der Waals surface area contributed by atoms with Crippen LogP contribution in [0, 0.1) is 23.7 Å². The summed E-state index contributed by atoms with van der Waals surface area (Å²) >= 11 is 0. The molecule has 49 heavy (non-hydrogen) atoms. The van der Waals surface area contributed by atoms with Crippen molar-refractivity contribution in [3.8, 4) is 5.75 Å². The number of imide groups is 1. The number of rotatable bonds is 6. The number of allylic oxidation sites excluding steroid dienone is 4. The largest absolute Gasteiger partial charge is 0.507 e. The van der Waals surface area contributed by atoms with Gasteiger partial charge in [-0.05, 0) is 41.3 Å². The van der Waals surface area contributed by atoms with E-state index in [-0.39, 0.29) is 43.1 Å². The van der Waals surface area contributed by atoms with E-state index in [1.54, 1.807) is 12.1 Å². The molecule has 4 aromatic rings. The Hall–Kier alpha value is -5.63. The highest BCUT2D eigenvalue weighted by Crippen LogP contribution is 2.64. The number of aromatic hydroxyl groups is 1. The molecule has 4 aromatic carbocycles. The first-order valence-corrected chi connectivity index (χ1v) is 16.6. The number of carboxylic acids is 1. The Balaban J connectivity index is 1.39. The van der Waals surface area contributed by atoms with Crippen LogP contribution in [0.15, 0.2) is 115 Å². The summed E-state index contributed by atoms with van der Waals surface area (Å²) in [5.74, 6) is -6.39. The lowest BCUT2D eigenvalue weighted by atomic mass is 9.44. The number of aliphatic carboxylic acids is 1. The standard InChI is InChI=1S/C41H33NO7/c43-33-22-30(23-9-3-1-4-10-23)38(47)32-21-31-27(17-18-28-35(31)40(49)42(39(28)48)20-19-34(44)45)36(41(32,33)25-12-5-2-6-13-25)29-16-15-24-11-7-8-14-26(24)37(29)46/h1-17,22,28,31-32,35-36,46H,18-21H2,(H,44,45). The number of hydrogen-bond donors (Lipinski definition) is 2. The number of carbonyl (C=O) groups is 5. The topological polar surface area (TPSA) is 129 Å². The Morgan fingerprint density at radius 1 is 0.816 bits per heavy atom. The third-order valence-electron chi connectivity index (χ3n) is 11.3. The van der Waals surface area contributed by atoms with E-state index in [0.717, 1.165) is 15.9 Å². The Bertz CT molecular complexity index is 2130. The summed E-state index contributed by atoms with van der Waals surface area (Å²) in [6.45, 7) is -0.230. The van der Waals surface area contributed by atoms with Gasteiger partial charge in [0.05, 0.1) is 23.7 Å². The summed E-state index contributed by atoms with van der Waals surface area (Å²) < 4.78 is 0. The lowest BCUT2D eigenvalue weighted by molar-refractivity contribution is -0.142. The molecule has 8 heteroatoms. The molecule has 6 atom stereocenters. The number of phenolic OH excluding ortho intramolecular Hbond substituents is 1. The molecule has 0 bridgehead atoms. The number of benzene rings is 4. The molecule has 4 aliphatic rings. The van der Waals surface area contributed by atoms with Gasteiger partial charge in [0.1, 0.15) is 5.75 Å². The number of ketones is 2. The minimum Gasteiger partial charge on any atom is -0.507 e. The molecule has 2 fully saturated rings. The highest BCUT2D eigenvalue weighted by Gasteiger charge is 2.66. The number of Topliss-reactive ketones (excluding diaryl/α,β-unsaturated/α-hetero) is 1. The SMILES string of the molecule is O=C(O)CCN1C(=O)C2CC=C3C(CC4C(=O)C(c5ccccc5)=CC(=O)C4(c4ccccc4)C3c3ccc4ccccc4c3O)C2C1=O. The minimum atomic E-state index is -1.46. The van der Waals surface area contributed by atoms with Crippen LogP contribution in [0.5, 0.6) is 5.75 Å². The second kappa shape index (κ2) is 11.5. The molecule has 1 heterocycles. The Morgan fingerprint density at radius 3 is 2.24 bits per heavy atom. The molecule has 1 aliphatic heterocycles. The van der Waals surface area contributed by atoms with Crippen molar-refractivity contribution in [1.82, 2.24) is 4.90 Å². The van der Waals surface area contributed by atoms with Crippen molar-refractivity contribution in [3.05, 3.63) is 131 Å². The average Bonchev–Trinajstić information content (AvgIpc) is 3.37. The van der Waals surface area contributed by atoms with Gasteiger partial charge >= 0.3 is 5.97 Å². The van der Waals surface area contributed by atoms with E-state index in [0.29, 0.717) is 27.6 Å². The Kier molecular flexibility index (Phi) is 7.21. The second-order valence-electron chi connectivity index (χ2n) is 13.5. The molecule has 244 valence electrons. The number of carboxylic acid groups (broad SMARTS) is 1. The van der Waals surface area contributed by atoms with Crippen LogP contribution in [0.1, 0.15) is 41.9 Å². The number of likely N-dealkylation sites (tertiary alicyclic amines) is 1. The minimum absolute atomic E-state index is 0.00387. The van der Waals surface area contributed by atoms with Crippen LogP contribution in [-0.2, 0) is 29.4 Å². The molecule has 6 unspecified atom stereocenters. The van der Waals surface area contributed by atoms with Gasteiger partial charge < -0.3 is 10.2 Å². The summed E-state index contributed by atoms with van der Waals surface area (Å²) in [6, 6.07) is 29.4. The van der Waals surface area contributed by atoms with Gasteiger partial charge in [-0.25, -0.2) is 0 Å². The number of fused-ring (bicyclic) bond motifs is 5. The van der Waals surface area contributed by atoms with Crippen molar-refractivity contribution in [1.29, 1.82) is 0 Å². The van der Waals surface area contributed by atoms with Gasteiger partial charge in [0, 0.05) is 34.9 Å². The predicted molar refractivity (Wildman–Crippen MR) is 181 cm³/mol. The van der Waals surface area contributed by atoms with Crippen molar-refractivity contribution in [2.75, 3.05) is 6.54 Å². The molecule has 0 aromatic heterocycles. The number of phenols is 1. The smallest absolute Gasteiger partial charge is 0.305 e. The third-order valence-corrected chi connectivity index (χ3v) is 11.3. The predicted octanol–water partition coefficient (Wildman–Crippen LogP) is 5.84. The molecular formula is C41H33NO7. The normalized spacial score (nSPS) is 27.7. The van der Waals surface area contributed by atoms with Crippen LogP contribution >= 0.6 is 0 Å². The van der Waals surface area contributed by atoms with E-state index in [1.807, 2.05) is 91.0 Å². The number of carbonyl (C=O) groups excluding carboxylic acids is 4. The summed E-state index contributed by atoms with van der Waals surface area (Å²) in [4.78, 5) is 70.3. The monoisotopic (exact) mass is 651 g/mol. The second-order valence-corrected chi connectivity index (χ2v) is 13.5. The van der Waals surface area contributed by atoms with E-state index < -0.39 is 52.8 Å². The highest BCUT2D eigenvalue weighted by atomic mass is 16.4. The van der Waals surface area contributed by atoms with E-state index in [9.17, 15) is 29.4 Å². The molecule has 2 N–H and O–H groups in total. The summed E-state index contributed by atoms with van der Waals surface area (Å²) in [6.07, 6.45) is 3.38. The molecule has 8 nitrogen and oxygen atoms in total. The highest BCUT2D eigenvalue weighted by molar-refractivity contribution is 6.31. The van der Waals surface area contributed by atoms with Crippen molar-refractivity contribution in [2.45, 2.75) is 30.6 Å². The first-order valence-electron chi connectivity index (χ1n) is 16.6. The van der Waals surface area contributed by atoms with Crippen LogP contribution in [0.2, 0.25) is 0 Å². The van der Waals surface area contributed by atoms with Crippen molar-refractivity contribution in [2.24, 2.45) is 23.7 Å². The fourth-order valence-electron chi connectivity index (χ4n) is 9.22. The molecule has 1 saturated heterocycles. The maximum absolute atomic E-state index is 15.1. The average molecular weight is 652 g/mol. The first kappa shape index (κ1) is 30.7. The van der Waals surface area contributed by atoms with E-state index >= 15 is 4.79 Å². The van der Waals surface area contributed by atoms with Crippen molar-refractivity contribution in [3.63, 3.8) is 0 Å². The zero-order valence-electron chi connectivity index (χ0n) is 26.5. The maximum atomic E-state index is 15.1. The maximum Gasteiger partial charge on any atom is 0.305 e. The van der Waals surface area contributed by atoms with Crippen molar-refractivity contribution >= 4 is 45.7 Å². The fourth-order valence-corrected chi connectivity index (χ4v) is 9.22.